The Kier molecular flexibility index (Phi) is 4.16. The smallest absolute Gasteiger partial charge is 0.232 e. The molecule has 0 saturated carbocycles. The van der Waals surface area contributed by atoms with Crippen LogP contribution in [0.4, 0.5) is 5.69 Å². The van der Waals surface area contributed by atoms with E-state index in [1.54, 1.807) is 12.0 Å². The van der Waals surface area contributed by atoms with Gasteiger partial charge in [-0.15, -0.1) is 0 Å². The van der Waals surface area contributed by atoms with Gasteiger partial charge in [0, 0.05) is 24.2 Å². The minimum absolute atomic E-state index is 0.0517. The molecule has 6 nitrogen and oxygen atoms in total. The van der Waals surface area contributed by atoms with E-state index in [4.69, 9.17) is 9.26 Å². The molecule has 0 aliphatic carbocycles. The van der Waals surface area contributed by atoms with Gasteiger partial charge in [0.05, 0.1) is 13.0 Å². The number of benzene rings is 2. The molecule has 132 valence electrons. The average Bonchev–Trinajstić information content (AvgIpc) is 3.29. The van der Waals surface area contributed by atoms with Gasteiger partial charge in [-0.1, -0.05) is 29.4 Å². The summed E-state index contributed by atoms with van der Waals surface area (Å²) in [7, 11) is 1.62. The standard InChI is InChI=1S/C20H19N3O3/c1-13-5-3-4-6-17(13)19-21-20(26-22-19)14-11-18(24)23(12-14)15-7-9-16(25-2)10-8-15/h3-10,14H,11-12H2,1-2H3. The topological polar surface area (TPSA) is 68.5 Å². The van der Waals surface area contributed by atoms with Gasteiger partial charge in [0.2, 0.25) is 17.6 Å². The molecule has 0 radical (unpaired) electrons. The maximum Gasteiger partial charge on any atom is 0.232 e. The molecule has 0 spiro atoms. The molecule has 1 fully saturated rings. The molecule has 0 bridgehead atoms. The highest BCUT2D eigenvalue weighted by Gasteiger charge is 2.35. The second-order valence-electron chi connectivity index (χ2n) is 6.37. The van der Waals surface area contributed by atoms with Crippen molar-refractivity contribution in [3.8, 4) is 17.1 Å². The molecule has 0 N–H and O–H groups in total. The zero-order chi connectivity index (χ0) is 18.1. The van der Waals surface area contributed by atoms with Gasteiger partial charge in [-0.05, 0) is 36.8 Å². The van der Waals surface area contributed by atoms with Crippen molar-refractivity contribution in [1.82, 2.24) is 10.1 Å². The van der Waals surface area contributed by atoms with E-state index < -0.39 is 0 Å². The Bertz CT molecular complexity index is 933. The maximum absolute atomic E-state index is 12.4. The van der Waals surface area contributed by atoms with Crippen LogP contribution in [0.15, 0.2) is 53.1 Å². The third-order valence-corrected chi connectivity index (χ3v) is 4.69. The second kappa shape index (κ2) is 6.63. The van der Waals surface area contributed by atoms with Crippen LogP contribution in [0, 0.1) is 6.92 Å². The number of amides is 1. The maximum atomic E-state index is 12.4. The number of nitrogens with zero attached hydrogens (tertiary/aromatic N) is 3. The van der Waals surface area contributed by atoms with Gasteiger partial charge in [0.15, 0.2) is 0 Å². The minimum Gasteiger partial charge on any atom is -0.497 e. The third kappa shape index (κ3) is 2.94. The summed E-state index contributed by atoms with van der Waals surface area (Å²) in [6.45, 7) is 2.54. The van der Waals surface area contributed by atoms with Crippen LogP contribution in [0.3, 0.4) is 0 Å². The van der Waals surface area contributed by atoms with Gasteiger partial charge in [0.25, 0.3) is 0 Å². The van der Waals surface area contributed by atoms with Gasteiger partial charge in [0.1, 0.15) is 5.75 Å². The van der Waals surface area contributed by atoms with Crippen LogP contribution in [-0.2, 0) is 4.79 Å². The zero-order valence-corrected chi connectivity index (χ0v) is 14.7. The number of anilines is 1. The Hall–Kier alpha value is -3.15. The molecule has 3 aromatic rings. The van der Waals surface area contributed by atoms with Crippen molar-refractivity contribution in [2.24, 2.45) is 0 Å². The monoisotopic (exact) mass is 349 g/mol. The number of carbonyl (C=O) groups excluding carboxylic acids is 1. The molecule has 2 heterocycles. The summed E-state index contributed by atoms with van der Waals surface area (Å²) in [5, 5.41) is 4.10. The first kappa shape index (κ1) is 16.3. The molecule has 1 aliphatic heterocycles. The Balaban J connectivity index is 1.55. The number of aromatic nitrogens is 2. The number of hydrogen-bond donors (Lipinski definition) is 0. The lowest BCUT2D eigenvalue weighted by atomic mass is 10.1. The number of aryl methyl sites for hydroxylation is 1. The molecule has 1 aliphatic rings. The van der Waals surface area contributed by atoms with Crippen molar-refractivity contribution in [2.75, 3.05) is 18.6 Å². The van der Waals surface area contributed by atoms with Crippen LogP contribution >= 0.6 is 0 Å². The van der Waals surface area contributed by atoms with Crippen LogP contribution in [-0.4, -0.2) is 29.7 Å². The van der Waals surface area contributed by atoms with Crippen LogP contribution in [0.25, 0.3) is 11.4 Å². The van der Waals surface area contributed by atoms with E-state index in [0.717, 1.165) is 22.6 Å². The Labute approximate surface area is 151 Å². The fourth-order valence-corrected chi connectivity index (χ4v) is 3.22. The van der Waals surface area contributed by atoms with Crippen molar-refractivity contribution in [2.45, 2.75) is 19.3 Å². The summed E-state index contributed by atoms with van der Waals surface area (Å²) in [4.78, 5) is 18.7. The zero-order valence-electron chi connectivity index (χ0n) is 14.7. The number of methoxy groups -OCH3 is 1. The molecular formula is C20H19N3O3. The Morgan fingerprint density at radius 3 is 2.65 bits per heavy atom. The number of rotatable bonds is 4. The molecule has 1 saturated heterocycles. The Morgan fingerprint density at radius 1 is 1.15 bits per heavy atom. The van der Waals surface area contributed by atoms with E-state index in [0.29, 0.717) is 24.7 Å². The van der Waals surface area contributed by atoms with Gasteiger partial charge in [-0.2, -0.15) is 4.98 Å². The molecule has 1 aromatic heterocycles. The SMILES string of the molecule is COc1ccc(N2CC(c3nc(-c4ccccc4C)no3)CC2=O)cc1. The summed E-state index contributed by atoms with van der Waals surface area (Å²) >= 11 is 0. The van der Waals surface area contributed by atoms with E-state index in [1.165, 1.54) is 0 Å². The molecule has 26 heavy (non-hydrogen) atoms. The molecule has 1 amide bonds. The van der Waals surface area contributed by atoms with Crippen LogP contribution in [0.5, 0.6) is 5.75 Å². The van der Waals surface area contributed by atoms with E-state index in [-0.39, 0.29) is 11.8 Å². The van der Waals surface area contributed by atoms with Crippen LogP contribution in [0.2, 0.25) is 0 Å². The summed E-state index contributed by atoms with van der Waals surface area (Å²) in [5.74, 6) is 1.78. The minimum atomic E-state index is -0.102. The summed E-state index contributed by atoms with van der Waals surface area (Å²) in [5.41, 5.74) is 2.87. The first-order chi connectivity index (χ1) is 12.7. The van der Waals surface area contributed by atoms with E-state index in [1.807, 2.05) is 55.5 Å². The number of hydrogen-bond acceptors (Lipinski definition) is 5. The van der Waals surface area contributed by atoms with Crippen LogP contribution in [0.1, 0.15) is 23.8 Å². The van der Waals surface area contributed by atoms with Gasteiger partial charge < -0.3 is 14.2 Å². The average molecular weight is 349 g/mol. The predicted molar refractivity (Wildman–Crippen MR) is 97.2 cm³/mol. The highest BCUT2D eigenvalue weighted by atomic mass is 16.5. The first-order valence-corrected chi connectivity index (χ1v) is 8.49. The van der Waals surface area contributed by atoms with Gasteiger partial charge >= 0.3 is 0 Å². The normalized spacial score (nSPS) is 16.9. The number of carbonyl (C=O) groups is 1. The van der Waals surface area contributed by atoms with Gasteiger partial charge in [-0.3, -0.25) is 4.79 Å². The molecule has 6 heteroatoms. The number of ether oxygens (including phenoxy) is 1. The predicted octanol–water partition coefficient (Wildman–Crippen LogP) is 3.57. The summed E-state index contributed by atoms with van der Waals surface area (Å²) in [6.07, 6.45) is 0.363. The molecule has 1 atom stereocenters. The van der Waals surface area contributed by atoms with Crippen LogP contribution < -0.4 is 9.64 Å². The van der Waals surface area contributed by atoms with Crippen molar-refractivity contribution < 1.29 is 14.1 Å². The Morgan fingerprint density at radius 2 is 1.92 bits per heavy atom. The largest absolute Gasteiger partial charge is 0.497 e. The van der Waals surface area contributed by atoms with E-state index in [2.05, 4.69) is 10.1 Å². The summed E-state index contributed by atoms with van der Waals surface area (Å²) < 4.78 is 10.6. The lowest BCUT2D eigenvalue weighted by molar-refractivity contribution is -0.117. The highest BCUT2D eigenvalue weighted by Crippen LogP contribution is 2.33. The fourth-order valence-electron chi connectivity index (χ4n) is 3.22. The molecular weight excluding hydrogens is 330 g/mol. The summed E-state index contributed by atoms with van der Waals surface area (Å²) in [6, 6.07) is 15.4. The second-order valence-corrected chi connectivity index (χ2v) is 6.37. The van der Waals surface area contributed by atoms with E-state index in [9.17, 15) is 4.79 Å². The highest BCUT2D eigenvalue weighted by molar-refractivity contribution is 5.96. The molecule has 4 rings (SSSR count). The molecule has 2 aromatic carbocycles. The van der Waals surface area contributed by atoms with E-state index >= 15 is 0 Å². The lowest BCUT2D eigenvalue weighted by Crippen LogP contribution is -2.24. The van der Waals surface area contributed by atoms with Gasteiger partial charge in [-0.25, -0.2) is 0 Å². The van der Waals surface area contributed by atoms with Crippen molar-refractivity contribution in [3.05, 3.63) is 60.0 Å². The fraction of sp³-hybridized carbons (Fsp3) is 0.250. The first-order valence-electron chi connectivity index (χ1n) is 8.49. The van der Waals surface area contributed by atoms with Crippen molar-refractivity contribution in [3.63, 3.8) is 0 Å². The quantitative estimate of drug-likeness (QED) is 0.720. The van der Waals surface area contributed by atoms with Crippen molar-refractivity contribution >= 4 is 11.6 Å². The third-order valence-electron chi connectivity index (χ3n) is 4.69. The van der Waals surface area contributed by atoms with Crippen molar-refractivity contribution in [1.29, 1.82) is 0 Å². The molecule has 1 unspecified atom stereocenters. The lowest BCUT2D eigenvalue weighted by Gasteiger charge is -2.16.